The number of alkyl halides is 3. The Morgan fingerprint density at radius 3 is 2.41 bits per heavy atom. The van der Waals surface area contributed by atoms with Gasteiger partial charge >= 0.3 is 6.18 Å². The zero-order valence-electron chi connectivity index (χ0n) is 17.7. The van der Waals surface area contributed by atoms with Crippen LogP contribution >= 0.6 is 0 Å². The molecule has 0 bridgehead atoms. The minimum absolute atomic E-state index is 0.133. The maximum absolute atomic E-state index is 14.0. The summed E-state index contributed by atoms with van der Waals surface area (Å²) >= 11 is 0. The highest BCUT2D eigenvalue weighted by Crippen LogP contribution is 2.24. The maximum Gasteiger partial charge on any atom is 0.389 e. The smallest absolute Gasteiger partial charge is 0.362 e. The average Bonchev–Trinajstić information content (AvgIpc) is 2.73. The topological polar surface area (TPSA) is 24.1 Å². The number of dihydropyridines is 1. The van der Waals surface area contributed by atoms with E-state index in [1.807, 2.05) is 36.4 Å². The summed E-state index contributed by atoms with van der Waals surface area (Å²) in [5.74, 6) is -0.347. The Balaban J connectivity index is 1.65. The molecular weight excluding hydrogens is 416 g/mol. The van der Waals surface area contributed by atoms with Crippen molar-refractivity contribution in [3.63, 3.8) is 0 Å². The van der Waals surface area contributed by atoms with E-state index in [9.17, 15) is 17.6 Å². The van der Waals surface area contributed by atoms with Gasteiger partial charge in [0.05, 0.1) is 0 Å². The predicted octanol–water partition coefficient (Wildman–Crippen LogP) is 6.77. The molecule has 0 aromatic heterocycles. The van der Waals surface area contributed by atoms with Crippen molar-refractivity contribution in [2.24, 2.45) is 0 Å². The summed E-state index contributed by atoms with van der Waals surface area (Å²) in [6, 6.07) is 12.4. The van der Waals surface area contributed by atoms with Gasteiger partial charge in [0.15, 0.2) is 0 Å². The van der Waals surface area contributed by atoms with E-state index in [0.717, 1.165) is 28.1 Å². The Morgan fingerprint density at radius 2 is 1.72 bits per heavy atom. The first-order valence-electron chi connectivity index (χ1n) is 10.4. The Morgan fingerprint density at radius 1 is 1.00 bits per heavy atom. The zero-order chi connectivity index (χ0) is 23.1. The van der Waals surface area contributed by atoms with Crippen LogP contribution in [0.1, 0.15) is 41.5 Å². The highest BCUT2D eigenvalue weighted by molar-refractivity contribution is 5.67. The Labute approximate surface area is 186 Å². The molecule has 0 unspecified atom stereocenters. The van der Waals surface area contributed by atoms with Gasteiger partial charge in [-0.3, -0.25) is 0 Å². The molecule has 32 heavy (non-hydrogen) atoms. The number of nitrogens with one attached hydrogen (secondary N) is 2. The van der Waals surface area contributed by atoms with E-state index in [0.29, 0.717) is 30.5 Å². The number of allylic oxidation sites excluding steroid dienone is 2. The van der Waals surface area contributed by atoms with Crippen LogP contribution in [-0.2, 0) is 12.8 Å². The van der Waals surface area contributed by atoms with E-state index in [2.05, 4.69) is 23.8 Å². The molecule has 0 amide bonds. The van der Waals surface area contributed by atoms with Crippen molar-refractivity contribution in [3.05, 3.63) is 113 Å². The number of benzene rings is 2. The number of halogens is 4. The number of rotatable bonds is 9. The SMILES string of the molecule is C=C1C=C(NC(=C)c2cc(F)ccc2Cc2ccc(CCCCC(F)(F)F)cc2)C=CN1. The fourth-order valence-electron chi connectivity index (χ4n) is 3.52. The molecule has 2 aromatic rings. The van der Waals surface area contributed by atoms with Gasteiger partial charge in [-0.15, -0.1) is 0 Å². The largest absolute Gasteiger partial charge is 0.389 e. The molecule has 0 saturated carbocycles. The van der Waals surface area contributed by atoms with Crippen molar-refractivity contribution in [1.82, 2.24) is 10.6 Å². The molecule has 6 heteroatoms. The second-order valence-electron chi connectivity index (χ2n) is 7.82. The van der Waals surface area contributed by atoms with Crippen molar-refractivity contribution in [2.45, 2.75) is 38.3 Å². The second-order valence-corrected chi connectivity index (χ2v) is 7.82. The first-order valence-corrected chi connectivity index (χ1v) is 10.4. The third-order valence-corrected chi connectivity index (χ3v) is 5.15. The Kier molecular flexibility index (Phi) is 7.57. The number of hydrogen-bond acceptors (Lipinski definition) is 2. The van der Waals surface area contributed by atoms with Crippen LogP contribution in [0.3, 0.4) is 0 Å². The normalized spacial score (nSPS) is 13.5. The van der Waals surface area contributed by atoms with Gasteiger partial charge in [0.1, 0.15) is 5.82 Å². The van der Waals surface area contributed by atoms with E-state index < -0.39 is 12.6 Å². The molecule has 0 radical (unpaired) electrons. The Hall–Kier alpha value is -3.28. The fraction of sp³-hybridized carbons (Fsp3) is 0.231. The zero-order valence-corrected chi connectivity index (χ0v) is 17.7. The summed E-state index contributed by atoms with van der Waals surface area (Å²) in [5.41, 5.74) is 5.74. The molecule has 1 aliphatic rings. The first kappa shape index (κ1) is 23.4. The molecule has 0 spiro atoms. The van der Waals surface area contributed by atoms with Gasteiger partial charge in [0, 0.05) is 35.3 Å². The maximum atomic E-state index is 14.0. The minimum Gasteiger partial charge on any atom is -0.362 e. The van der Waals surface area contributed by atoms with Gasteiger partial charge in [-0.1, -0.05) is 43.5 Å². The highest BCUT2D eigenvalue weighted by atomic mass is 19.4. The van der Waals surface area contributed by atoms with Gasteiger partial charge in [-0.05, 0) is 66.7 Å². The van der Waals surface area contributed by atoms with Crippen molar-refractivity contribution >= 4 is 5.70 Å². The summed E-state index contributed by atoms with van der Waals surface area (Å²) in [6.07, 6.45) is 2.42. The van der Waals surface area contributed by atoms with Crippen LogP contribution in [0.4, 0.5) is 17.6 Å². The third-order valence-electron chi connectivity index (χ3n) is 5.15. The molecule has 3 rings (SSSR count). The molecule has 2 nitrogen and oxygen atoms in total. The lowest BCUT2D eigenvalue weighted by Gasteiger charge is -2.17. The number of hydrogen-bond donors (Lipinski definition) is 2. The summed E-state index contributed by atoms with van der Waals surface area (Å²) in [4.78, 5) is 0. The quantitative estimate of drug-likeness (QED) is 0.331. The fourth-order valence-corrected chi connectivity index (χ4v) is 3.52. The standard InChI is InChI=1S/C26H26F4N2/c1-18-15-24(12-14-31-18)32-19(2)25-17-23(27)11-10-22(25)16-21-8-6-20(7-9-21)5-3-4-13-26(28,29)30/h6-12,14-15,17,31-32H,1-5,13,16H2. The summed E-state index contributed by atoms with van der Waals surface area (Å²) in [5, 5.41) is 6.17. The van der Waals surface area contributed by atoms with Crippen LogP contribution in [0.5, 0.6) is 0 Å². The monoisotopic (exact) mass is 442 g/mol. The van der Waals surface area contributed by atoms with Gasteiger partial charge in [-0.2, -0.15) is 13.2 Å². The molecule has 1 heterocycles. The summed E-state index contributed by atoms with van der Waals surface area (Å²) in [7, 11) is 0. The van der Waals surface area contributed by atoms with Gasteiger partial charge in [0.25, 0.3) is 0 Å². The van der Waals surface area contributed by atoms with Crippen LogP contribution in [0.25, 0.3) is 5.70 Å². The van der Waals surface area contributed by atoms with E-state index >= 15 is 0 Å². The molecule has 0 aliphatic carbocycles. The van der Waals surface area contributed by atoms with E-state index in [4.69, 9.17) is 0 Å². The third kappa shape index (κ3) is 7.15. The molecule has 0 atom stereocenters. The Bertz CT molecular complexity index is 1030. The average molecular weight is 443 g/mol. The molecule has 0 fully saturated rings. The van der Waals surface area contributed by atoms with Gasteiger partial charge < -0.3 is 10.6 Å². The van der Waals surface area contributed by atoms with Crippen molar-refractivity contribution in [2.75, 3.05) is 0 Å². The van der Waals surface area contributed by atoms with Crippen LogP contribution in [0.2, 0.25) is 0 Å². The minimum atomic E-state index is -4.09. The van der Waals surface area contributed by atoms with Crippen molar-refractivity contribution < 1.29 is 17.6 Å². The van der Waals surface area contributed by atoms with Gasteiger partial charge in [0.2, 0.25) is 0 Å². The lowest BCUT2D eigenvalue weighted by atomic mass is 9.96. The summed E-state index contributed by atoms with van der Waals surface area (Å²) < 4.78 is 50.7. The van der Waals surface area contributed by atoms with Crippen LogP contribution in [0, 0.1) is 5.82 Å². The molecule has 1 aliphatic heterocycles. The van der Waals surface area contributed by atoms with E-state index in [1.54, 1.807) is 12.3 Å². The molecular formula is C26H26F4N2. The predicted molar refractivity (Wildman–Crippen MR) is 121 cm³/mol. The van der Waals surface area contributed by atoms with Gasteiger partial charge in [-0.25, -0.2) is 4.39 Å². The number of unbranched alkanes of at least 4 members (excludes halogenated alkanes) is 1. The van der Waals surface area contributed by atoms with Crippen molar-refractivity contribution in [1.29, 1.82) is 0 Å². The van der Waals surface area contributed by atoms with E-state index in [1.165, 1.54) is 12.1 Å². The highest BCUT2D eigenvalue weighted by Gasteiger charge is 2.25. The van der Waals surface area contributed by atoms with Crippen molar-refractivity contribution in [3.8, 4) is 0 Å². The van der Waals surface area contributed by atoms with E-state index in [-0.39, 0.29) is 12.2 Å². The van der Waals surface area contributed by atoms with Crippen LogP contribution in [0.15, 0.2) is 85.4 Å². The lowest BCUT2D eigenvalue weighted by Crippen LogP contribution is -2.16. The first-order chi connectivity index (χ1) is 15.2. The molecule has 2 N–H and O–H groups in total. The summed E-state index contributed by atoms with van der Waals surface area (Å²) in [6.45, 7) is 7.93. The molecule has 168 valence electrons. The molecule has 2 aromatic carbocycles. The second kappa shape index (κ2) is 10.4. The van der Waals surface area contributed by atoms with Crippen LogP contribution < -0.4 is 10.6 Å². The molecule has 0 saturated heterocycles. The van der Waals surface area contributed by atoms with Crippen LogP contribution in [-0.4, -0.2) is 6.18 Å². The lowest BCUT2D eigenvalue weighted by molar-refractivity contribution is -0.135. The number of aryl methyl sites for hydroxylation is 1.